The summed E-state index contributed by atoms with van der Waals surface area (Å²) in [5, 5.41) is 12.7. The molecule has 0 aliphatic heterocycles. The number of aliphatic hydroxyl groups is 1. The number of Topliss-reactive ketones (excluding diaryl/α,β-unsaturated/α-hetero) is 1. The molecule has 3 atom stereocenters. The molecule has 0 spiro atoms. The highest BCUT2D eigenvalue weighted by Gasteiger charge is 2.34. The summed E-state index contributed by atoms with van der Waals surface area (Å²) in [6.07, 6.45) is 7.83. The minimum atomic E-state index is -3.92. The van der Waals surface area contributed by atoms with Crippen molar-refractivity contribution >= 4 is 21.7 Å². The number of ether oxygens (including phenoxy) is 2. The number of ketones is 1. The van der Waals surface area contributed by atoms with Crippen molar-refractivity contribution in [3.05, 3.63) is 102 Å². The van der Waals surface area contributed by atoms with E-state index in [0.717, 1.165) is 30.4 Å². The van der Waals surface area contributed by atoms with Crippen LogP contribution in [0.3, 0.4) is 0 Å². The molecule has 0 aromatic heterocycles. The smallest absolute Gasteiger partial charge is 0.407 e. The van der Waals surface area contributed by atoms with Crippen molar-refractivity contribution in [3.8, 4) is 0 Å². The summed E-state index contributed by atoms with van der Waals surface area (Å²) in [5.41, 5.74) is 1.74. The van der Waals surface area contributed by atoms with Crippen LogP contribution in [0.2, 0.25) is 0 Å². The van der Waals surface area contributed by atoms with E-state index in [4.69, 9.17) is 9.47 Å². The summed E-state index contributed by atoms with van der Waals surface area (Å²) in [6, 6.07) is 25.9. The molecule has 3 rings (SSSR count). The quantitative estimate of drug-likeness (QED) is 0.0922. The van der Waals surface area contributed by atoms with Gasteiger partial charge in [0.25, 0.3) is 0 Å². The Hall–Kier alpha value is -3.53. The van der Waals surface area contributed by atoms with Crippen molar-refractivity contribution in [2.75, 3.05) is 6.61 Å². The molecule has 262 valence electrons. The number of alkyl carbamates (subject to hydrolysis) is 1. The fourth-order valence-electron chi connectivity index (χ4n) is 5.60. The highest BCUT2D eigenvalue weighted by atomic mass is 32.2. The summed E-state index contributed by atoms with van der Waals surface area (Å²) < 4.78 is 38.5. The maximum Gasteiger partial charge on any atom is 0.407 e. The van der Waals surface area contributed by atoms with Crippen LogP contribution in [0.15, 0.2) is 95.9 Å². The summed E-state index contributed by atoms with van der Waals surface area (Å²) >= 11 is 0. The van der Waals surface area contributed by atoms with Crippen LogP contribution in [0.5, 0.6) is 0 Å². The van der Waals surface area contributed by atoms with E-state index in [1.807, 2.05) is 60.7 Å². The van der Waals surface area contributed by atoms with E-state index in [2.05, 4.69) is 12.2 Å². The fourth-order valence-corrected chi connectivity index (χ4v) is 7.41. The molecule has 8 nitrogen and oxygen atoms in total. The van der Waals surface area contributed by atoms with Gasteiger partial charge in [0.1, 0.15) is 11.9 Å². The van der Waals surface area contributed by atoms with Gasteiger partial charge in [0.05, 0.1) is 30.3 Å². The van der Waals surface area contributed by atoms with Crippen LogP contribution in [-0.4, -0.2) is 49.4 Å². The summed E-state index contributed by atoms with van der Waals surface area (Å²) in [4.78, 5) is 26.4. The minimum Gasteiger partial charge on any atom is -0.445 e. The summed E-state index contributed by atoms with van der Waals surface area (Å²) in [7, 11) is -3.92. The molecule has 0 radical (unpaired) electrons. The van der Waals surface area contributed by atoms with Crippen molar-refractivity contribution in [2.24, 2.45) is 0 Å². The maximum absolute atomic E-state index is 13.7. The standard InChI is InChI=1S/C39H53NO7S/c1-2-3-4-5-6-7-8-9-19-26-38(48(44,45)34-24-17-12-18-25-34)37(42)28-27-36(41)35(31-46-29-32-20-13-10-14-21-32)40-39(43)47-30-33-22-15-11-16-23-33/h10-18,20-25,35-36,38,41H,2-9,19,26-31H2,1H3,(H,40,43)/t35-,36+,38?/m1/s1. The molecule has 0 saturated carbocycles. The van der Waals surface area contributed by atoms with Crippen LogP contribution in [0.4, 0.5) is 4.79 Å². The number of aliphatic hydroxyl groups excluding tert-OH is 1. The van der Waals surface area contributed by atoms with Gasteiger partial charge in [-0.2, -0.15) is 0 Å². The Labute approximate surface area is 287 Å². The van der Waals surface area contributed by atoms with Crippen LogP contribution < -0.4 is 5.32 Å². The van der Waals surface area contributed by atoms with Gasteiger partial charge >= 0.3 is 6.09 Å². The fraction of sp³-hybridized carbons (Fsp3) is 0.487. The molecule has 0 fully saturated rings. The molecule has 0 heterocycles. The first-order valence-corrected chi connectivity index (χ1v) is 18.9. The van der Waals surface area contributed by atoms with Crippen molar-refractivity contribution in [1.29, 1.82) is 0 Å². The minimum absolute atomic E-state index is 0.0329. The molecular weight excluding hydrogens is 626 g/mol. The topological polar surface area (TPSA) is 119 Å². The number of hydrogen-bond acceptors (Lipinski definition) is 7. The maximum atomic E-state index is 13.7. The number of benzene rings is 3. The highest BCUT2D eigenvalue weighted by Crippen LogP contribution is 2.24. The van der Waals surface area contributed by atoms with Crippen LogP contribution in [0.1, 0.15) is 95.1 Å². The van der Waals surface area contributed by atoms with E-state index in [0.29, 0.717) is 6.42 Å². The molecule has 2 N–H and O–H groups in total. The van der Waals surface area contributed by atoms with E-state index in [1.54, 1.807) is 18.2 Å². The normalized spacial score (nSPS) is 13.4. The van der Waals surface area contributed by atoms with E-state index in [-0.39, 0.29) is 44.0 Å². The number of carbonyl (C=O) groups is 2. The van der Waals surface area contributed by atoms with Crippen molar-refractivity contribution in [2.45, 2.75) is 119 Å². The lowest BCUT2D eigenvalue weighted by Crippen LogP contribution is -2.47. The second-order valence-electron chi connectivity index (χ2n) is 12.3. The lowest BCUT2D eigenvalue weighted by atomic mass is 10.0. The van der Waals surface area contributed by atoms with Gasteiger partial charge in [0, 0.05) is 6.42 Å². The first-order chi connectivity index (χ1) is 23.3. The van der Waals surface area contributed by atoms with Crippen molar-refractivity contribution in [3.63, 3.8) is 0 Å². The zero-order valence-corrected chi connectivity index (χ0v) is 29.1. The number of unbranched alkanes of at least 4 members (excludes halogenated alkanes) is 8. The van der Waals surface area contributed by atoms with Crippen LogP contribution in [0, 0.1) is 0 Å². The average molecular weight is 680 g/mol. The Morgan fingerprint density at radius 2 is 1.23 bits per heavy atom. The van der Waals surface area contributed by atoms with E-state index in [1.165, 1.54) is 44.2 Å². The molecule has 0 bridgehead atoms. The molecule has 1 amide bonds. The van der Waals surface area contributed by atoms with Gasteiger partial charge in [0.15, 0.2) is 15.6 Å². The molecule has 3 aromatic carbocycles. The largest absolute Gasteiger partial charge is 0.445 e. The summed E-state index contributed by atoms with van der Waals surface area (Å²) in [5.74, 6) is -0.437. The predicted octanol–water partition coefficient (Wildman–Crippen LogP) is 7.97. The molecule has 9 heteroatoms. The SMILES string of the molecule is CCCCCCCCCCCC(C(=O)CC[C@H](O)[C@@H](COCc1ccccc1)NC(=O)OCc1ccccc1)S(=O)(=O)c1ccccc1. The zero-order valence-electron chi connectivity index (χ0n) is 28.3. The first kappa shape index (κ1) is 38.9. The predicted molar refractivity (Wildman–Crippen MR) is 189 cm³/mol. The van der Waals surface area contributed by atoms with Gasteiger partial charge in [-0.15, -0.1) is 0 Å². The number of sulfone groups is 1. The third-order valence-electron chi connectivity index (χ3n) is 8.45. The van der Waals surface area contributed by atoms with E-state index < -0.39 is 39.1 Å². The van der Waals surface area contributed by atoms with Crippen molar-refractivity contribution in [1.82, 2.24) is 5.32 Å². The second kappa shape index (κ2) is 22.2. The molecule has 3 aromatic rings. The van der Waals surface area contributed by atoms with Gasteiger partial charge < -0.3 is 19.9 Å². The Kier molecular flexibility index (Phi) is 18.0. The molecule has 0 aliphatic rings. The number of nitrogens with one attached hydrogen (secondary N) is 1. The average Bonchev–Trinajstić information content (AvgIpc) is 3.11. The Bertz CT molecular complexity index is 1420. The monoisotopic (exact) mass is 679 g/mol. The highest BCUT2D eigenvalue weighted by molar-refractivity contribution is 7.92. The molecule has 0 saturated heterocycles. The third kappa shape index (κ3) is 14.3. The van der Waals surface area contributed by atoms with Gasteiger partial charge in [0.2, 0.25) is 0 Å². The number of carbonyl (C=O) groups excluding carboxylic acids is 2. The lowest BCUT2D eigenvalue weighted by Gasteiger charge is -2.24. The number of amides is 1. The summed E-state index contributed by atoms with van der Waals surface area (Å²) in [6.45, 7) is 2.48. The van der Waals surface area contributed by atoms with Gasteiger partial charge in [-0.3, -0.25) is 4.79 Å². The number of hydrogen-bond donors (Lipinski definition) is 2. The Morgan fingerprint density at radius 3 is 1.81 bits per heavy atom. The second-order valence-corrected chi connectivity index (χ2v) is 14.5. The van der Waals surface area contributed by atoms with E-state index >= 15 is 0 Å². The van der Waals surface area contributed by atoms with Gasteiger partial charge in [-0.1, -0.05) is 144 Å². The van der Waals surface area contributed by atoms with Crippen LogP contribution in [-0.2, 0) is 37.3 Å². The van der Waals surface area contributed by atoms with Crippen molar-refractivity contribution < 1.29 is 32.6 Å². The number of rotatable bonds is 24. The van der Waals surface area contributed by atoms with Crippen LogP contribution >= 0.6 is 0 Å². The molecular formula is C39H53NO7S. The van der Waals surface area contributed by atoms with Gasteiger partial charge in [-0.05, 0) is 36.1 Å². The van der Waals surface area contributed by atoms with Crippen LogP contribution in [0.25, 0.3) is 0 Å². The van der Waals surface area contributed by atoms with E-state index in [9.17, 15) is 23.1 Å². The lowest BCUT2D eigenvalue weighted by molar-refractivity contribution is -0.119. The first-order valence-electron chi connectivity index (χ1n) is 17.4. The third-order valence-corrected chi connectivity index (χ3v) is 10.6. The Morgan fingerprint density at radius 1 is 0.708 bits per heavy atom. The molecule has 1 unspecified atom stereocenters. The molecule has 48 heavy (non-hydrogen) atoms. The zero-order chi connectivity index (χ0) is 34.5. The van der Waals surface area contributed by atoms with Gasteiger partial charge in [-0.25, -0.2) is 13.2 Å². The molecule has 0 aliphatic carbocycles. The Balaban J connectivity index is 1.61.